The fourth-order valence-electron chi connectivity index (χ4n) is 7.04. The van der Waals surface area contributed by atoms with Crippen LogP contribution in [0, 0.1) is 11.8 Å². The Morgan fingerprint density at radius 1 is 1.04 bits per heavy atom. The molecule has 6 rings (SSSR count). The fourth-order valence-corrected chi connectivity index (χ4v) is 7.04. The van der Waals surface area contributed by atoms with E-state index in [1.807, 2.05) is 38.2 Å². The molecule has 8 bridgehead atoms. The lowest BCUT2D eigenvalue weighted by atomic mass is 9.86. The number of carbonyl (C=O) groups is 2. The van der Waals surface area contributed by atoms with Crippen molar-refractivity contribution in [3.8, 4) is 0 Å². The van der Waals surface area contributed by atoms with Gasteiger partial charge in [0.2, 0.25) is 0 Å². The number of aliphatic hydroxyl groups is 1. The Morgan fingerprint density at radius 2 is 1.78 bits per heavy atom. The summed E-state index contributed by atoms with van der Waals surface area (Å²) in [6, 6.07) is 0. The Hall–Kier alpha value is -4.79. The predicted octanol–water partition coefficient (Wildman–Crippen LogP) is 6.73. The number of nitrogens with zero attached hydrogens (tertiary/aromatic N) is 3. The summed E-state index contributed by atoms with van der Waals surface area (Å²) in [5.74, 6) is -0.261. The maximum Gasteiger partial charge on any atom is 0.305 e. The molecule has 9 heteroatoms. The van der Waals surface area contributed by atoms with Crippen molar-refractivity contribution < 1.29 is 24.2 Å². The first-order chi connectivity index (χ1) is 22.0. The van der Waals surface area contributed by atoms with Gasteiger partial charge in [0, 0.05) is 59.7 Å². The van der Waals surface area contributed by atoms with Gasteiger partial charge in [0.15, 0.2) is 0 Å². The molecule has 0 unspecified atom stereocenters. The molecule has 1 aliphatic carbocycles. The third-order valence-electron chi connectivity index (χ3n) is 9.66. The Kier molecular flexibility index (Phi) is 8.27. The van der Waals surface area contributed by atoms with E-state index in [2.05, 4.69) is 32.2 Å². The molecule has 1 saturated heterocycles. The van der Waals surface area contributed by atoms with E-state index in [1.54, 1.807) is 0 Å². The van der Waals surface area contributed by atoms with Gasteiger partial charge in [0.1, 0.15) is 12.4 Å². The first kappa shape index (κ1) is 31.2. The van der Waals surface area contributed by atoms with Gasteiger partial charge in [-0.1, -0.05) is 19.9 Å². The van der Waals surface area contributed by atoms with Crippen molar-refractivity contribution in [3.63, 3.8) is 0 Å². The third kappa shape index (κ3) is 5.37. The van der Waals surface area contributed by atoms with Crippen molar-refractivity contribution in [1.82, 2.24) is 5.32 Å². The van der Waals surface area contributed by atoms with E-state index in [9.17, 15) is 14.7 Å². The van der Waals surface area contributed by atoms with Gasteiger partial charge in [-0.15, -0.1) is 0 Å². The Labute approximate surface area is 269 Å². The lowest BCUT2D eigenvalue weighted by Gasteiger charge is -2.17. The highest BCUT2D eigenvalue weighted by atomic mass is 16.5. The second-order valence-corrected chi connectivity index (χ2v) is 12.3. The quantitative estimate of drug-likeness (QED) is 0.305. The number of esters is 2. The van der Waals surface area contributed by atoms with E-state index < -0.39 is 0 Å². The molecule has 5 aliphatic heterocycles. The number of hydrogen-bond donors (Lipinski definition) is 2. The minimum atomic E-state index is -0.334. The average Bonchev–Trinajstić information content (AvgIpc) is 3.77. The molecule has 6 aliphatic rings. The van der Waals surface area contributed by atoms with Crippen LogP contribution < -0.4 is 5.32 Å². The summed E-state index contributed by atoms with van der Waals surface area (Å²) in [5, 5.41) is 14.9. The summed E-state index contributed by atoms with van der Waals surface area (Å²) >= 11 is 0. The summed E-state index contributed by atoms with van der Waals surface area (Å²) in [6.45, 7) is 12.0. The number of rotatable bonds is 7. The largest absolute Gasteiger partial charge is 0.511 e. The van der Waals surface area contributed by atoms with E-state index in [-0.39, 0.29) is 36.8 Å². The first-order valence-electron chi connectivity index (χ1n) is 15.9. The predicted molar refractivity (Wildman–Crippen MR) is 179 cm³/mol. The highest BCUT2D eigenvalue weighted by Crippen LogP contribution is 2.46. The minimum Gasteiger partial charge on any atom is -0.511 e. The van der Waals surface area contributed by atoms with Crippen LogP contribution in [-0.4, -0.2) is 47.9 Å². The van der Waals surface area contributed by atoms with Gasteiger partial charge in [-0.25, -0.2) is 15.0 Å². The second-order valence-electron chi connectivity index (χ2n) is 12.3. The molecule has 9 nitrogen and oxygen atoms in total. The SMILES string of the molecule is CCC1=C(C)C2=NC1=CC1=C(C)C3=C(O)CC(=C4NC(=CC5=NC(=C2)C(/C=C/COC(C)=O)=C5C)[C@@H](C)[C@@H]4CCC(=O)OC)C3=N1. The zero-order chi connectivity index (χ0) is 32.9. The molecule has 46 heavy (non-hydrogen) atoms. The van der Waals surface area contributed by atoms with Crippen molar-refractivity contribution in [2.24, 2.45) is 26.8 Å². The van der Waals surface area contributed by atoms with Gasteiger partial charge < -0.3 is 19.9 Å². The first-order valence-corrected chi connectivity index (χ1v) is 15.9. The van der Waals surface area contributed by atoms with Crippen molar-refractivity contribution in [2.45, 2.75) is 67.2 Å². The number of hydrogen-bond acceptors (Lipinski definition) is 9. The smallest absolute Gasteiger partial charge is 0.305 e. The molecule has 2 atom stereocenters. The van der Waals surface area contributed by atoms with Crippen LogP contribution in [0.5, 0.6) is 0 Å². The van der Waals surface area contributed by atoms with Crippen molar-refractivity contribution in [2.75, 3.05) is 13.7 Å². The zero-order valence-corrected chi connectivity index (χ0v) is 27.5. The average molecular weight is 621 g/mol. The zero-order valence-electron chi connectivity index (χ0n) is 27.5. The van der Waals surface area contributed by atoms with Gasteiger partial charge in [-0.3, -0.25) is 9.59 Å². The number of fused-ring (bicyclic) bond motifs is 5. The number of ether oxygens (including phenoxy) is 2. The molecule has 0 saturated carbocycles. The normalized spacial score (nSPS) is 23.6. The Balaban J connectivity index is 1.55. The number of carbonyl (C=O) groups excluding carboxylic acids is 2. The van der Waals surface area contributed by atoms with Crippen LogP contribution in [0.4, 0.5) is 0 Å². The topological polar surface area (TPSA) is 122 Å². The fraction of sp³-hybridized carbons (Fsp3) is 0.378. The van der Waals surface area contributed by atoms with Crippen LogP contribution in [0.1, 0.15) is 67.2 Å². The minimum absolute atomic E-state index is 0.0168. The Bertz CT molecular complexity index is 1850. The molecule has 0 amide bonds. The van der Waals surface area contributed by atoms with Gasteiger partial charge in [0.05, 0.1) is 41.3 Å². The highest BCUT2D eigenvalue weighted by Gasteiger charge is 2.41. The number of aliphatic hydroxyl groups excluding tert-OH is 1. The van der Waals surface area contributed by atoms with Gasteiger partial charge in [-0.2, -0.15) is 0 Å². The molecule has 2 N–H and O–H groups in total. The molecular weight excluding hydrogens is 580 g/mol. The van der Waals surface area contributed by atoms with Crippen LogP contribution in [0.15, 0.2) is 119 Å². The number of aliphatic imine (C=N–C) groups is 3. The van der Waals surface area contributed by atoms with Gasteiger partial charge >= 0.3 is 11.9 Å². The number of methoxy groups -OCH3 is 1. The molecule has 238 valence electrons. The summed E-state index contributed by atoms with van der Waals surface area (Å²) in [5.41, 5.74) is 13.6. The van der Waals surface area contributed by atoms with Gasteiger partial charge in [0.25, 0.3) is 0 Å². The van der Waals surface area contributed by atoms with Crippen LogP contribution in [-0.2, 0) is 19.1 Å². The summed E-state index contributed by atoms with van der Waals surface area (Å²) in [4.78, 5) is 38.9. The van der Waals surface area contributed by atoms with Crippen LogP contribution in [0.3, 0.4) is 0 Å². The molecule has 0 radical (unpaired) electrons. The van der Waals surface area contributed by atoms with Crippen LogP contribution in [0.2, 0.25) is 0 Å². The highest BCUT2D eigenvalue weighted by molar-refractivity contribution is 6.21. The monoisotopic (exact) mass is 620 g/mol. The van der Waals surface area contributed by atoms with E-state index in [1.165, 1.54) is 14.0 Å². The van der Waals surface area contributed by atoms with Crippen LogP contribution >= 0.6 is 0 Å². The molecule has 5 heterocycles. The van der Waals surface area contributed by atoms with E-state index in [0.717, 1.165) is 91.1 Å². The van der Waals surface area contributed by atoms with Crippen molar-refractivity contribution in [3.05, 3.63) is 104 Å². The van der Waals surface area contributed by atoms with Crippen molar-refractivity contribution in [1.29, 1.82) is 0 Å². The lowest BCUT2D eigenvalue weighted by Crippen LogP contribution is -2.16. The third-order valence-corrected chi connectivity index (χ3v) is 9.66. The molecule has 1 fully saturated rings. The van der Waals surface area contributed by atoms with E-state index >= 15 is 0 Å². The summed E-state index contributed by atoms with van der Waals surface area (Å²) in [6.07, 6.45) is 12.0. The second kappa shape index (κ2) is 12.2. The summed E-state index contributed by atoms with van der Waals surface area (Å²) in [7, 11) is 1.41. The maximum atomic E-state index is 12.3. The van der Waals surface area contributed by atoms with E-state index in [4.69, 9.17) is 24.5 Å². The number of nitrogens with one attached hydrogen (secondary N) is 1. The standard InChI is InChI=1S/C37H40N4O5/c1-8-23-18(2)28-16-32-24(10-9-13-46-22(6)42)19(3)27(39-32)15-29-20(4)25(11-12-34(44)45-7)36(40-29)26-14-33(43)35-21(5)30(41-37(26)35)17-31(23)38-28/h9-10,15-17,20,25,40,43H,8,11-14H2,1-7H3/b10-9+,29-15?,31-17?,32-16?,36-26?/t20-,25-/m0/s1. The van der Waals surface area contributed by atoms with Crippen molar-refractivity contribution >= 4 is 29.1 Å². The Morgan fingerprint density at radius 3 is 2.50 bits per heavy atom. The molecule has 0 aromatic carbocycles. The molecule has 0 spiro atoms. The summed E-state index contributed by atoms with van der Waals surface area (Å²) < 4.78 is 10.1. The number of allylic oxidation sites excluding steroid dienone is 12. The maximum absolute atomic E-state index is 12.3. The van der Waals surface area contributed by atoms with Crippen LogP contribution in [0.25, 0.3) is 0 Å². The van der Waals surface area contributed by atoms with Gasteiger partial charge in [-0.05, 0) is 80.2 Å². The van der Waals surface area contributed by atoms with E-state index in [0.29, 0.717) is 18.6 Å². The molecular formula is C37H40N4O5. The molecule has 0 aromatic heterocycles. The molecule has 0 aromatic rings. The lowest BCUT2D eigenvalue weighted by molar-refractivity contribution is -0.141.